The quantitative estimate of drug-likeness (QED) is 0.811. The average Bonchev–Trinajstić information content (AvgIpc) is 2.98. The molecule has 0 amide bonds. The lowest BCUT2D eigenvalue weighted by atomic mass is 9.75. The molecule has 3 aliphatic rings. The molecule has 1 fully saturated rings. The fourth-order valence-electron chi connectivity index (χ4n) is 4.25. The van der Waals surface area contributed by atoms with Gasteiger partial charge in [-0.15, -0.1) is 0 Å². The number of allylic oxidation sites excluding steroid dienone is 2. The zero-order chi connectivity index (χ0) is 16.3. The van der Waals surface area contributed by atoms with Gasteiger partial charge in [0.25, 0.3) is 0 Å². The molecule has 1 saturated carbocycles. The lowest BCUT2D eigenvalue weighted by Gasteiger charge is -2.34. The largest absolute Gasteiger partial charge is 0.488 e. The van der Waals surface area contributed by atoms with Gasteiger partial charge < -0.3 is 14.6 Å². The second-order valence-corrected chi connectivity index (χ2v) is 7.50. The molecule has 1 N–H and O–H groups in total. The predicted octanol–water partition coefficient (Wildman–Crippen LogP) is 3.11. The molecule has 3 atom stereocenters. The summed E-state index contributed by atoms with van der Waals surface area (Å²) in [5.74, 6) is 0.722. The van der Waals surface area contributed by atoms with Crippen molar-refractivity contribution < 1.29 is 19.4 Å². The Kier molecular flexibility index (Phi) is 3.44. The van der Waals surface area contributed by atoms with Gasteiger partial charge in [-0.2, -0.15) is 0 Å². The van der Waals surface area contributed by atoms with E-state index in [1.165, 1.54) is 0 Å². The van der Waals surface area contributed by atoms with E-state index in [0.29, 0.717) is 12.2 Å². The minimum atomic E-state index is -1.33. The molecule has 0 aromatic heterocycles. The lowest BCUT2D eigenvalue weighted by Crippen LogP contribution is -2.45. The maximum atomic E-state index is 13.0. The average molecular weight is 306 g/mol. The van der Waals surface area contributed by atoms with Crippen molar-refractivity contribution in [2.75, 3.05) is 0 Å². The van der Waals surface area contributed by atoms with Crippen LogP contribution in [0.1, 0.15) is 53.9 Å². The molecular weight excluding hydrogens is 280 g/mol. The summed E-state index contributed by atoms with van der Waals surface area (Å²) in [6, 6.07) is 0. The molecule has 0 unspecified atom stereocenters. The highest BCUT2D eigenvalue weighted by Crippen LogP contribution is 2.64. The Balaban J connectivity index is 2.15. The van der Waals surface area contributed by atoms with Crippen LogP contribution in [-0.2, 0) is 14.3 Å². The van der Waals surface area contributed by atoms with Crippen LogP contribution in [0, 0.1) is 11.3 Å². The van der Waals surface area contributed by atoms with Gasteiger partial charge in [0.2, 0.25) is 11.5 Å². The summed E-state index contributed by atoms with van der Waals surface area (Å²) in [6.45, 7) is 9.42. The minimum Gasteiger partial charge on any atom is -0.488 e. The van der Waals surface area contributed by atoms with Gasteiger partial charge in [-0.1, -0.05) is 6.08 Å². The van der Waals surface area contributed by atoms with Crippen LogP contribution in [0.5, 0.6) is 0 Å². The van der Waals surface area contributed by atoms with Crippen LogP contribution in [0.4, 0.5) is 0 Å². The second-order valence-electron chi connectivity index (χ2n) is 7.50. The first-order valence-electron chi connectivity index (χ1n) is 8.27. The predicted molar refractivity (Wildman–Crippen MR) is 83.0 cm³/mol. The molecule has 0 aromatic carbocycles. The molecule has 0 spiro atoms. The van der Waals surface area contributed by atoms with Crippen molar-refractivity contribution in [1.29, 1.82) is 0 Å². The molecule has 4 heteroatoms. The van der Waals surface area contributed by atoms with Crippen LogP contribution in [0.2, 0.25) is 0 Å². The van der Waals surface area contributed by atoms with E-state index in [1.807, 2.05) is 34.6 Å². The fraction of sp³-hybridized carbons (Fsp3) is 0.722. The normalized spacial score (nSPS) is 37.0. The number of carbonyl (C=O) groups excluding carboxylic acids is 1. The van der Waals surface area contributed by atoms with Crippen LogP contribution >= 0.6 is 0 Å². The molecule has 3 rings (SSSR count). The number of ketones is 1. The van der Waals surface area contributed by atoms with Gasteiger partial charge in [0.15, 0.2) is 11.4 Å². The van der Waals surface area contributed by atoms with Crippen LogP contribution in [0.3, 0.4) is 0 Å². The molecule has 122 valence electrons. The van der Waals surface area contributed by atoms with Crippen molar-refractivity contribution in [2.45, 2.75) is 71.7 Å². The van der Waals surface area contributed by atoms with E-state index in [1.54, 1.807) is 0 Å². The Labute approximate surface area is 132 Å². The van der Waals surface area contributed by atoms with Crippen LogP contribution in [0.15, 0.2) is 23.2 Å². The van der Waals surface area contributed by atoms with Crippen molar-refractivity contribution in [1.82, 2.24) is 0 Å². The summed E-state index contributed by atoms with van der Waals surface area (Å²) >= 11 is 0. The van der Waals surface area contributed by atoms with Crippen molar-refractivity contribution in [3.05, 3.63) is 23.2 Å². The first-order valence-corrected chi connectivity index (χ1v) is 8.27. The summed E-state index contributed by atoms with van der Waals surface area (Å²) in [6.07, 6.45) is 4.47. The molecule has 0 heterocycles. The van der Waals surface area contributed by atoms with E-state index in [4.69, 9.17) is 9.47 Å². The summed E-state index contributed by atoms with van der Waals surface area (Å²) in [4.78, 5) is 13.0. The van der Waals surface area contributed by atoms with E-state index in [-0.39, 0.29) is 29.7 Å². The monoisotopic (exact) mass is 306 g/mol. The Morgan fingerprint density at radius 1 is 1.23 bits per heavy atom. The smallest absolute Gasteiger partial charge is 0.210 e. The number of rotatable bonds is 4. The standard InChI is InChI=1S/C18H26O4/c1-10(2)21-14-15(19)17(5)9-12-7-6-8-13(12)18(17,20)16(14)22-11(3)4/h8,10-12,20H,6-7,9H2,1-5H3/t12-,17+,18+/m1/s1. The van der Waals surface area contributed by atoms with Crippen molar-refractivity contribution in [3.8, 4) is 0 Å². The fourth-order valence-corrected chi connectivity index (χ4v) is 4.25. The van der Waals surface area contributed by atoms with Gasteiger partial charge in [0.1, 0.15) is 0 Å². The Hall–Kier alpha value is -1.29. The third kappa shape index (κ3) is 1.82. The number of hydrogen-bond acceptors (Lipinski definition) is 4. The van der Waals surface area contributed by atoms with Crippen LogP contribution in [0.25, 0.3) is 0 Å². The summed E-state index contributed by atoms with van der Waals surface area (Å²) in [7, 11) is 0. The summed E-state index contributed by atoms with van der Waals surface area (Å²) in [5.41, 5.74) is -1.24. The van der Waals surface area contributed by atoms with Gasteiger partial charge in [0, 0.05) is 0 Å². The molecule has 0 saturated heterocycles. The van der Waals surface area contributed by atoms with Crippen LogP contribution < -0.4 is 0 Å². The molecule has 4 nitrogen and oxygen atoms in total. The van der Waals surface area contributed by atoms with Gasteiger partial charge in [-0.05, 0) is 65.4 Å². The molecular formula is C18H26O4. The first kappa shape index (κ1) is 15.6. The molecule has 0 radical (unpaired) electrons. The molecule has 0 aliphatic heterocycles. The van der Waals surface area contributed by atoms with Gasteiger partial charge in [0.05, 0.1) is 17.6 Å². The van der Waals surface area contributed by atoms with E-state index >= 15 is 0 Å². The Morgan fingerprint density at radius 2 is 1.86 bits per heavy atom. The number of hydrogen-bond donors (Lipinski definition) is 1. The molecule has 0 aromatic rings. The minimum absolute atomic E-state index is 0.116. The van der Waals surface area contributed by atoms with Gasteiger partial charge >= 0.3 is 0 Å². The third-order valence-electron chi connectivity index (χ3n) is 5.14. The molecule has 22 heavy (non-hydrogen) atoms. The number of ether oxygens (including phenoxy) is 2. The zero-order valence-electron chi connectivity index (χ0n) is 14.1. The Morgan fingerprint density at radius 3 is 2.45 bits per heavy atom. The summed E-state index contributed by atoms with van der Waals surface area (Å²) in [5, 5.41) is 11.6. The number of aliphatic hydroxyl groups is 1. The first-order chi connectivity index (χ1) is 10.2. The van der Waals surface area contributed by atoms with E-state index in [2.05, 4.69) is 6.08 Å². The third-order valence-corrected chi connectivity index (χ3v) is 5.14. The lowest BCUT2D eigenvalue weighted by molar-refractivity contribution is -0.133. The highest BCUT2D eigenvalue weighted by molar-refractivity contribution is 6.04. The topological polar surface area (TPSA) is 55.8 Å². The van der Waals surface area contributed by atoms with Crippen molar-refractivity contribution in [2.24, 2.45) is 11.3 Å². The maximum absolute atomic E-state index is 13.0. The molecule has 3 aliphatic carbocycles. The van der Waals surface area contributed by atoms with Crippen LogP contribution in [-0.4, -0.2) is 28.7 Å². The highest BCUT2D eigenvalue weighted by Gasteiger charge is 2.71. The van der Waals surface area contributed by atoms with Crippen molar-refractivity contribution in [3.63, 3.8) is 0 Å². The SMILES string of the molecule is CC(C)OC1=C(OC(C)C)[C@@]2(O)C3=CCC[C@@H]3C[C@@]2(C)C1=O. The maximum Gasteiger partial charge on any atom is 0.210 e. The van der Waals surface area contributed by atoms with E-state index < -0.39 is 11.0 Å². The number of fused-ring (bicyclic) bond motifs is 3. The number of carbonyl (C=O) groups is 1. The highest BCUT2D eigenvalue weighted by atomic mass is 16.5. The van der Waals surface area contributed by atoms with Gasteiger partial charge in [-0.3, -0.25) is 4.79 Å². The number of Topliss-reactive ketones (excluding diaryl/α,β-unsaturated/α-hetero) is 1. The zero-order valence-corrected chi connectivity index (χ0v) is 14.1. The Bertz CT molecular complexity index is 572. The van der Waals surface area contributed by atoms with E-state index in [0.717, 1.165) is 18.4 Å². The summed E-state index contributed by atoms with van der Waals surface area (Å²) < 4.78 is 11.7. The van der Waals surface area contributed by atoms with E-state index in [9.17, 15) is 9.90 Å². The van der Waals surface area contributed by atoms with Gasteiger partial charge in [-0.25, -0.2) is 0 Å². The second kappa shape index (κ2) is 4.85. The van der Waals surface area contributed by atoms with Crippen molar-refractivity contribution >= 4 is 5.78 Å². The molecule has 0 bridgehead atoms.